The summed E-state index contributed by atoms with van der Waals surface area (Å²) in [5, 5.41) is 5.36. The van der Waals surface area contributed by atoms with E-state index < -0.39 is 6.03 Å². The molecule has 15 heavy (non-hydrogen) atoms. The van der Waals surface area contributed by atoms with Gasteiger partial charge in [0.15, 0.2) is 0 Å². The fourth-order valence-corrected chi connectivity index (χ4v) is 1.16. The molecule has 88 valence electrons. The molecule has 0 aromatic heterocycles. The maximum Gasteiger partial charge on any atom is 0.312 e. The van der Waals surface area contributed by atoms with Crippen molar-refractivity contribution in [3.8, 4) is 0 Å². The Morgan fingerprint density at radius 1 is 1.20 bits per heavy atom. The molecule has 6 heteroatoms. The van der Waals surface area contributed by atoms with Crippen molar-refractivity contribution in [2.75, 3.05) is 32.7 Å². The Morgan fingerprint density at radius 3 is 2.27 bits per heavy atom. The molecular formula is C9H20N4O2. The van der Waals surface area contributed by atoms with Crippen LogP contribution < -0.4 is 16.4 Å². The fourth-order valence-electron chi connectivity index (χ4n) is 1.16. The highest BCUT2D eigenvalue weighted by Gasteiger charge is 2.07. The second kappa shape index (κ2) is 8.05. The quantitative estimate of drug-likeness (QED) is 0.483. The minimum atomic E-state index is -0.549. The molecule has 0 bridgehead atoms. The van der Waals surface area contributed by atoms with Crippen LogP contribution in [0.1, 0.15) is 13.8 Å². The van der Waals surface area contributed by atoms with Crippen LogP contribution >= 0.6 is 0 Å². The van der Waals surface area contributed by atoms with Crippen molar-refractivity contribution in [2.24, 2.45) is 5.73 Å². The van der Waals surface area contributed by atoms with Gasteiger partial charge in [0.05, 0.1) is 6.54 Å². The average molecular weight is 216 g/mol. The molecule has 0 aliphatic carbocycles. The van der Waals surface area contributed by atoms with Crippen LogP contribution in [0.5, 0.6) is 0 Å². The van der Waals surface area contributed by atoms with E-state index in [1.54, 1.807) is 4.90 Å². The first-order chi connectivity index (χ1) is 7.11. The van der Waals surface area contributed by atoms with Gasteiger partial charge in [-0.3, -0.25) is 4.79 Å². The molecule has 0 saturated heterocycles. The first kappa shape index (κ1) is 13.7. The Morgan fingerprint density at radius 2 is 1.80 bits per heavy atom. The van der Waals surface area contributed by atoms with Crippen LogP contribution in [0.4, 0.5) is 4.79 Å². The minimum Gasteiger partial charge on any atom is -0.352 e. The van der Waals surface area contributed by atoms with Crippen molar-refractivity contribution in [1.82, 2.24) is 15.5 Å². The van der Waals surface area contributed by atoms with Crippen molar-refractivity contribution < 1.29 is 9.59 Å². The van der Waals surface area contributed by atoms with Gasteiger partial charge >= 0.3 is 6.03 Å². The highest BCUT2D eigenvalue weighted by atomic mass is 16.2. The van der Waals surface area contributed by atoms with E-state index in [9.17, 15) is 9.59 Å². The molecule has 0 unspecified atom stereocenters. The van der Waals surface area contributed by atoms with E-state index in [4.69, 9.17) is 5.73 Å². The third kappa shape index (κ3) is 6.73. The van der Waals surface area contributed by atoms with E-state index in [0.29, 0.717) is 19.6 Å². The second-order valence-electron chi connectivity index (χ2n) is 3.03. The lowest BCUT2D eigenvalue weighted by Gasteiger charge is -2.18. The van der Waals surface area contributed by atoms with Gasteiger partial charge in [-0.2, -0.15) is 0 Å². The number of amides is 3. The fraction of sp³-hybridized carbons (Fsp3) is 0.778. The second-order valence-corrected chi connectivity index (χ2v) is 3.03. The normalized spacial score (nSPS) is 9.73. The Balaban J connectivity index is 3.50. The molecule has 0 fully saturated rings. The standard InChI is InChI=1S/C9H20N4O2/c1-3-13(4-2)8(14)7-11-5-6-12-9(10)15/h11H,3-7H2,1-2H3,(H3,10,12,15). The number of carbonyl (C=O) groups is 2. The van der Waals surface area contributed by atoms with Crippen molar-refractivity contribution in [1.29, 1.82) is 0 Å². The van der Waals surface area contributed by atoms with Gasteiger partial charge in [-0.25, -0.2) is 4.79 Å². The summed E-state index contributed by atoms with van der Waals surface area (Å²) in [4.78, 5) is 23.5. The Bertz CT molecular complexity index is 204. The molecule has 0 spiro atoms. The zero-order chi connectivity index (χ0) is 11.7. The van der Waals surface area contributed by atoms with E-state index in [0.717, 1.165) is 13.1 Å². The van der Waals surface area contributed by atoms with Gasteiger partial charge in [0.2, 0.25) is 5.91 Å². The molecule has 0 radical (unpaired) electrons. The number of nitrogens with one attached hydrogen (secondary N) is 2. The maximum atomic E-state index is 11.5. The van der Waals surface area contributed by atoms with Crippen molar-refractivity contribution in [3.05, 3.63) is 0 Å². The topological polar surface area (TPSA) is 87.5 Å². The number of likely N-dealkylation sites (N-methyl/N-ethyl adjacent to an activating group) is 1. The summed E-state index contributed by atoms with van der Waals surface area (Å²) in [6.45, 7) is 6.58. The lowest BCUT2D eigenvalue weighted by molar-refractivity contribution is -0.129. The lowest BCUT2D eigenvalue weighted by atomic mass is 10.4. The SMILES string of the molecule is CCN(CC)C(=O)CNCCNC(N)=O. The Labute approximate surface area is 90.2 Å². The molecule has 0 heterocycles. The number of urea groups is 1. The molecule has 4 N–H and O–H groups in total. The van der Waals surface area contributed by atoms with Crippen LogP contribution in [0.25, 0.3) is 0 Å². The largest absolute Gasteiger partial charge is 0.352 e. The molecule has 0 saturated carbocycles. The van der Waals surface area contributed by atoms with Crippen LogP contribution in [0.2, 0.25) is 0 Å². The summed E-state index contributed by atoms with van der Waals surface area (Å²) in [5.74, 6) is 0.0686. The van der Waals surface area contributed by atoms with E-state index in [1.165, 1.54) is 0 Å². The van der Waals surface area contributed by atoms with Gasteiger partial charge in [-0.05, 0) is 13.8 Å². The highest BCUT2D eigenvalue weighted by molar-refractivity contribution is 5.78. The molecule has 0 aromatic carbocycles. The average Bonchev–Trinajstić information content (AvgIpc) is 2.18. The van der Waals surface area contributed by atoms with Gasteiger partial charge in [0.1, 0.15) is 0 Å². The maximum absolute atomic E-state index is 11.5. The summed E-state index contributed by atoms with van der Waals surface area (Å²) in [6, 6.07) is -0.549. The summed E-state index contributed by atoms with van der Waals surface area (Å²) >= 11 is 0. The van der Waals surface area contributed by atoms with Crippen molar-refractivity contribution in [3.63, 3.8) is 0 Å². The molecule has 0 atom stereocenters. The van der Waals surface area contributed by atoms with Crippen molar-refractivity contribution >= 4 is 11.9 Å². The van der Waals surface area contributed by atoms with Gasteiger partial charge in [-0.1, -0.05) is 0 Å². The zero-order valence-corrected chi connectivity index (χ0v) is 9.38. The van der Waals surface area contributed by atoms with Crippen LogP contribution in [0.3, 0.4) is 0 Å². The third-order valence-corrected chi connectivity index (χ3v) is 1.99. The first-order valence-corrected chi connectivity index (χ1v) is 5.13. The zero-order valence-electron chi connectivity index (χ0n) is 9.38. The van der Waals surface area contributed by atoms with Crippen LogP contribution in [-0.4, -0.2) is 49.6 Å². The minimum absolute atomic E-state index is 0.0686. The Kier molecular flexibility index (Phi) is 7.35. The lowest BCUT2D eigenvalue weighted by Crippen LogP contribution is -2.41. The van der Waals surface area contributed by atoms with Crippen LogP contribution in [0.15, 0.2) is 0 Å². The summed E-state index contributed by atoms with van der Waals surface area (Å²) < 4.78 is 0. The number of nitrogens with zero attached hydrogens (tertiary/aromatic N) is 1. The van der Waals surface area contributed by atoms with Crippen LogP contribution in [0, 0.1) is 0 Å². The first-order valence-electron chi connectivity index (χ1n) is 5.13. The number of carbonyl (C=O) groups excluding carboxylic acids is 2. The van der Waals surface area contributed by atoms with Gasteiger partial charge in [0, 0.05) is 26.2 Å². The van der Waals surface area contributed by atoms with Gasteiger partial charge in [0.25, 0.3) is 0 Å². The number of hydrogen-bond donors (Lipinski definition) is 3. The van der Waals surface area contributed by atoms with Crippen molar-refractivity contribution in [2.45, 2.75) is 13.8 Å². The third-order valence-electron chi connectivity index (χ3n) is 1.99. The molecule has 0 aromatic rings. The highest BCUT2D eigenvalue weighted by Crippen LogP contribution is 1.86. The van der Waals surface area contributed by atoms with E-state index in [-0.39, 0.29) is 5.91 Å². The number of primary amides is 1. The van der Waals surface area contributed by atoms with E-state index in [1.807, 2.05) is 13.8 Å². The summed E-state index contributed by atoms with van der Waals surface area (Å²) in [5.41, 5.74) is 4.87. The smallest absolute Gasteiger partial charge is 0.312 e. The molecule has 0 aliphatic heterocycles. The predicted molar refractivity (Wildman–Crippen MR) is 58.4 cm³/mol. The molecule has 0 rings (SSSR count). The summed E-state index contributed by atoms with van der Waals surface area (Å²) in [6.07, 6.45) is 0. The number of hydrogen-bond acceptors (Lipinski definition) is 3. The van der Waals surface area contributed by atoms with Gasteiger partial charge in [-0.15, -0.1) is 0 Å². The monoisotopic (exact) mass is 216 g/mol. The number of rotatable bonds is 7. The Hall–Kier alpha value is -1.30. The molecular weight excluding hydrogens is 196 g/mol. The molecule has 0 aliphatic rings. The van der Waals surface area contributed by atoms with E-state index >= 15 is 0 Å². The molecule has 3 amide bonds. The summed E-state index contributed by atoms with van der Waals surface area (Å²) in [7, 11) is 0. The van der Waals surface area contributed by atoms with Gasteiger partial charge < -0.3 is 21.3 Å². The molecule has 6 nitrogen and oxygen atoms in total. The van der Waals surface area contributed by atoms with E-state index in [2.05, 4.69) is 10.6 Å². The number of nitrogens with two attached hydrogens (primary N) is 1. The van der Waals surface area contributed by atoms with Crippen LogP contribution in [-0.2, 0) is 4.79 Å². The predicted octanol–water partition coefficient (Wildman–Crippen LogP) is -0.887.